The van der Waals surface area contributed by atoms with Gasteiger partial charge in [0.1, 0.15) is 10.6 Å². The summed E-state index contributed by atoms with van der Waals surface area (Å²) < 4.78 is 12.8. The lowest BCUT2D eigenvalue weighted by Gasteiger charge is -1.96. The molecule has 0 atom stereocenters. The van der Waals surface area contributed by atoms with Crippen molar-refractivity contribution < 1.29 is 9.18 Å². The number of halogens is 1. The smallest absolute Gasteiger partial charge is 0.260 e. The first-order valence-corrected chi connectivity index (χ1v) is 7.33. The third-order valence-electron chi connectivity index (χ3n) is 3.06. The Balaban J connectivity index is 1.91. The van der Waals surface area contributed by atoms with Crippen molar-refractivity contribution in [2.75, 3.05) is 0 Å². The normalized spacial score (nSPS) is 11.4. The second-order valence-corrected chi connectivity index (χ2v) is 5.97. The van der Waals surface area contributed by atoms with Crippen LogP contribution in [0.15, 0.2) is 41.2 Å². The lowest BCUT2D eigenvalue weighted by Crippen LogP contribution is -2.13. The highest BCUT2D eigenvalue weighted by Gasteiger charge is 2.10. The summed E-state index contributed by atoms with van der Waals surface area (Å²) in [7, 11) is 0. The number of H-pyrrole nitrogens is 1. The summed E-state index contributed by atoms with van der Waals surface area (Å²) in [6.07, 6.45) is 2.85. The van der Waals surface area contributed by atoms with E-state index in [1.807, 2.05) is 6.92 Å². The van der Waals surface area contributed by atoms with E-state index < -0.39 is 5.78 Å². The Kier molecular flexibility index (Phi) is 3.68. The fourth-order valence-electron chi connectivity index (χ4n) is 1.99. The Labute approximate surface area is 129 Å². The summed E-state index contributed by atoms with van der Waals surface area (Å²) in [4.78, 5) is 32.2. The van der Waals surface area contributed by atoms with Crippen LogP contribution in [-0.2, 0) is 0 Å². The highest BCUT2D eigenvalue weighted by atomic mass is 32.1. The SMILES string of the molecule is Cc1cc2c(=O)[nH]c(C(=O)/C=C/c3ccc(F)cc3)nc2s1. The number of aromatic nitrogens is 2. The lowest BCUT2D eigenvalue weighted by atomic mass is 10.2. The number of aryl methyl sites for hydroxylation is 1. The molecule has 22 heavy (non-hydrogen) atoms. The molecule has 0 amide bonds. The molecule has 2 aromatic heterocycles. The van der Waals surface area contributed by atoms with Crippen LogP contribution in [0.25, 0.3) is 16.3 Å². The molecule has 3 aromatic rings. The number of allylic oxidation sites excluding steroid dienone is 1. The number of carbonyl (C=O) groups is 1. The van der Waals surface area contributed by atoms with Gasteiger partial charge in [-0.15, -0.1) is 11.3 Å². The molecule has 2 heterocycles. The fourth-order valence-corrected chi connectivity index (χ4v) is 2.87. The molecule has 0 unspecified atom stereocenters. The van der Waals surface area contributed by atoms with E-state index in [9.17, 15) is 14.0 Å². The van der Waals surface area contributed by atoms with Gasteiger partial charge in [0.05, 0.1) is 5.39 Å². The van der Waals surface area contributed by atoms with Gasteiger partial charge in [-0.3, -0.25) is 9.59 Å². The average molecular weight is 314 g/mol. The second kappa shape index (κ2) is 5.65. The number of hydrogen-bond acceptors (Lipinski definition) is 4. The third kappa shape index (κ3) is 2.87. The number of nitrogens with zero attached hydrogens (tertiary/aromatic N) is 1. The van der Waals surface area contributed by atoms with Gasteiger partial charge in [0.25, 0.3) is 5.56 Å². The van der Waals surface area contributed by atoms with E-state index in [1.54, 1.807) is 24.3 Å². The molecule has 0 saturated heterocycles. The van der Waals surface area contributed by atoms with Crippen molar-refractivity contribution in [2.45, 2.75) is 6.92 Å². The summed E-state index contributed by atoms with van der Waals surface area (Å²) in [6.45, 7) is 1.88. The van der Waals surface area contributed by atoms with Gasteiger partial charge < -0.3 is 4.98 Å². The van der Waals surface area contributed by atoms with Gasteiger partial charge >= 0.3 is 0 Å². The van der Waals surface area contributed by atoms with E-state index in [0.717, 1.165) is 4.88 Å². The van der Waals surface area contributed by atoms with Crippen molar-refractivity contribution >= 4 is 33.4 Å². The van der Waals surface area contributed by atoms with Gasteiger partial charge in [-0.1, -0.05) is 18.2 Å². The van der Waals surface area contributed by atoms with Gasteiger partial charge in [-0.05, 0) is 36.8 Å². The minimum atomic E-state index is -0.408. The van der Waals surface area contributed by atoms with E-state index in [0.29, 0.717) is 15.8 Å². The predicted octanol–water partition coefficient (Wildman–Crippen LogP) is 3.33. The summed E-state index contributed by atoms with van der Waals surface area (Å²) in [5, 5.41) is 0.488. The maximum atomic E-state index is 12.8. The number of nitrogens with one attached hydrogen (secondary N) is 1. The van der Waals surface area contributed by atoms with Crippen LogP contribution < -0.4 is 5.56 Å². The fraction of sp³-hybridized carbons (Fsp3) is 0.0625. The Morgan fingerprint density at radius 1 is 1.32 bits per heavy atom. The molecule has 0 bridgehead atoms. The summed E-state index contributed by atoms with van der Waals surface area (Å²) in [5.74, 6) is -0.750. The molecule has 3 rings (SSSR count). The van der Waals surface area contributed by atoms with E-state index in [-0.39, 0.29) is 17.2 Å². The number of fused-ring (bicyclic) bond motifs is 1. The van der Waals surface area contributed by atoms with E-state index in [2.05, 4.69) is 9.97 Å². The number of thiophene rings is 1. The lowest BCUT2D eigenvalue weighted by molar-refractivity contribution is 0.103. The molecular weight excluding hydrogens is 303 g/mol. The monoisotopic (exact) mass is 314 g/mol. The molecule has 1 N–H and O–H groups in total. The summed E-state index contributed by atoms with van der Waals surface area (Å²) in [6, 6.07) is 7.48. The molecule has 0 spiro atoms. The Bertz CT molecular complexity index is 939. The van der Waals surface area contributed by atoms with Crippen LogP contribution in [0.4, 0.5) is 4.39 Å². The molecular formula is C16H11FN2O2S. The molecule has 0 aliphatic carbocycles. The molecule has 0 aliphatic heterocycles. The number of benzene rings is 1. The van der Waals surface area contributed by atoms with E-state index in [1.165, 1.54) is 29.5 Å². The maximum Gasteiger partial charge on any atom is 0.260 e. The van der Waals surface area contributed by atoms with Gasteiger partial charge in [-0.25, -0.2) is 9.37 Å². The zero-order valence-electron chi connectivity index (χ0n) is 11.6. The first kappa shape index (κ1) is 14.3. The van der Waals surface area contributed by atoms with Crippen LogP contribution in [0, 0.1) is 12.7 Å². The molecule has 1 aromatic carbocycles. The first-order valence-electron chi connectivity index (χ1n) is 6.51. The van der Waals surface area contributed by atoms with E-state index in [4.69, 9.17) is 0 Å². The first-order chi connectivity index (χ1) is 10.5. The number of aromatic amines is 1. The van der Waals surface area contributed by atoms with Gasteiger partial charge in [0.2, 0.25) is 5.78 Å². The zero-order valence-corrected chi connectivity index (χ0v) is 12.4. The molecule has 0 saturated carbocycles. The molecule has 110 valence electrons. The highest BCUT2D eigenvalue weighted by Crippen LogP contribution is 2.19. The molecule has 0 radical (unpaired) electrons. The van der Waals surface area contributed by atoms with Gasteiger partial charge in [-0.2, -0.15) is 0 Å². The number of carbonyl (C=O) groups excluding carboxylic acids is 1. The topological polar surface area (TPSA) is 62.8 Å². The predicted molar refractivity (Wildman–Crippen MR) is 84.7 cm³/mol. The largest absolute Gasteiger partial charge is 0.303 e. The van der Waals surface area contributed by atoms with Crippen LogP contribution in [0.2, 0.25) is 0 Å². The van der Waals surface area contributed by atoms with Crippen LogP contribution in [0.1, 0.15) is 21.1 Å². The van der Waals surface area contributed by atoms with E-state index >= 15 is 0 Å². The molecule has 4 nitrogen and oxygen atoms in total. The second-order valence-electron chi connectivity index (χ2n) is 4.74. The third-order valence-corrected chi connectivity index (χ3v) is 4.00. The van der Waals surface area contributed by atoms with Crippen molar-refractivity contribution in [2.24, 2.45) is 0 Å². The molecule has 0 aliphatic rings. The van der Waals surface area contributed by atoms with Crippen molar-refractivity contribution in [1.29, 1.82) is 0 Å². The van der Waals surface area contributed by atoms with Crippen molar-refractivity contribution in [1.82, 2.24) is 9.97 Å². The molecule has 6 heteroatoms. The van der Waals surface area contributed by atoms with Crippen LogP contribution in [0.3, 0.4) is 0 Å². The Morgan fingerprint density at radius 3 is 2.77 bits per heavy atom. The summed E-state index contributed by atoms with van der Waals surface area (Å²) in [5.41, 5.74) is 0.359. The quantitative estimate of drug-likeness (QED) is 0.596. The number of rotatable bonds is 3. The van der Waals surface area contributed by atoms with Crippen molar-refractivity contribution in [3.8, 4) is 0 Å². The maximum absolute atomic E-state index is 12.8. The Morgan fingerprint density at radius 2 is 2.05 bits per heavy atom. The average Bonchev–Trinajstić information content (AvgIpc) is 2.87. The van der Waals surface area contributed by atoms with Crippen LogP contribution in [0.5, 0.6) is 0 Å². The van der Waals surface area contributed by atoms with Crippen LogP contribution >= 0.6 is 11.3 Å². The minimum absolute atomic E-state index is 0.00212. The summed E-state index contributed by atoms with van der Waals surface area (Å²) >= 11 is 1.36. The number of ketones is 1. The standard InChI is InChI=1S/C16H11FN2O2S/c1-9-8-12-15(21)18-14(19-16(12)22-9)13(20)7-4-10-2-5-11(17)6-3-10/h2-8H,1H3,(H,18,19,21)/b7-4+. The van der Waals surface area contributed by atoms with Gasteiger partial charge in [0.15, 0.2) is 5.82 Å². The zero-order chi connectivity index (χ0) is 15.7. The van der Waals surface area contributed by atoms with Crippen molar-refractivity contribution in [3.63, 3.8) is 0 Å². The minimum Gasteiger partial charge on any atom is -0.303 e. The highest BCUT2D eigenvalue weighted by molar-refractivity contribution is 7.18. The number of hydrogen-bond donors (Lipinski definition) is 1. The van der Waals surface area contributed by atoms with Gasteiger partial charge in [0, 0.05) is 4.88 Å². The molecule has 0 fully saturated rings. The van der Waals surface area contributed by atoms with Crippen LogP contribution in [-0.4, -0.2) is 15.8 Å². The Hall–Kier alpha value is -2.60. The van der Waals surface area contributed by atoms with Crippen molar-refractivity contribution in [3.05, 3.63) is 68.8 Å².